The van der Waals surface area contributed by atoms with Gasteiger partial charge in [-0.25, -0.2) is 0 Å². The molecule has 2 atom stereocenters. The van der Waals surface area contributed by atoms with Gasteiger partial charge in [0.15, 0.2) is 0 Å². The molecule has 1 aromatic rings. The van der Waals surface area contributed by atoms with Crippen molar-refractivity contribution in [1.29, 1.82) is 0 Å². The van der Waals surface area contributed by atoms with Crippen molar-refractivity contribution in [3.05, 3.63) is 29.8 Å². The standard InChI is InChI=1S/C12H19NO2S/c1-10(9-15-2)13-8-11-4-6-12(7-5-11)16(3)14/h4-7,10,13H,8-9H2,1-3H3. The maximum atomic E-state index is 11.2. The van der Waals surface area contributed by atoms with Crippen molar-refractivity contribution in [3.8, 4) is 0 Å². The Kier molecular flexibility index (Phi) is 5.66. The Hall–Kier alpha value is -0.710. The van der Waals surface area contributed by atoms with E-state index in [1.165, 1.54) is 5.56 Å². The lowest BCUT2D eigenvalue weighted by molar-refractivity contribution is 0.171. The van der Waals surface area contributed by atoms with Crippen LogP contribution >= 0.6 is 0 Å². The van der Waals surface area contributed by atoms with Crippen molar-refractivity contribution in [2.24, 2.45) is 0 Å². The molecule has 0 saturated heterocycles. The largest absolute Gasteiger partial charge is 0.383 e. The Morgan fingerprint density at radius 2 is 2.00 bits per heavy atom. The highest BCUT2D eigenvalue weighted by atomic mass is 32.2. The van der Waals surface area contributed by atoms with Gasteiger partial charge in [0.1, 0.15) is 0 Å². The topological polar surface area (TPSA) is 38.3 Å². The van der Waals surface area contributed by atoms with Gasteiger partial charge in [-0.15, -0.1) is 0 Å². The second-order valence-corrected chi connectivity index (χ2v) is 5.22. The maximum absolute atomic E-state index is 11.2. The van der Waals surface area contributed by atoms with Gasteiger partial charge < -0.3 is 10.1 Å². The van der Waals surface area contributed by atoms with E-state index in [1.807, 2.05) is 24.3 Å². The van der Waals surface area contributed by atoms with Crippen molar-refractivity contribution in [2.45, 2.75) is 24.4 Å². The fourth-order valence-electron chi connectivity index (χ4n) is 1.40. The first kappa shape index (κ1) is 13.4. The first-order valence-corrected chi connectivity index (χ1v) is 6.84. The average molecular weight is 241 g/mol. The fourth-order valence-corrected chi connectivity index (χ4v) is 1.92. The summed E-state index contributed by atoms with van der Waals surface area (Å²) >= 11 is 0. The molecule has 0 fully saturated rings. The molecule has 0 spiro atoms. The molecule has 2 unspecified atom stereocenters. The summed E-state index contributed by atoms with van der Waals surface area (Å²) in [6, 6.07) is 8.17. The predicted molar refractivity (Wildman–Crippen MR) is 67.0 cm³/mol. The summed E-state index contributed by atoms with van der Waals surface area (Å²) in [5.41, 5.74) is 1.19. The van der Waals surface area contributed by atoms with Gasteiger partial charge in [0.05, 0.1) is 6.61 Å². The normalized spacial score (nSPS) is 14.7. The molecule has 0 aliphatic carbocycles. The number of methoxy groups -OCH3 is 1. The lowest BCUT2D eigenvalue weighted by Crippen LogP contribution is -2.29. The first-order valence-electron chi connectivity index (χ1n) is 5.28. The van der Waals surface area contributed by atoms with Crippen molar-refractivity contribution in [2.75, 3.05) is 20.0 Å². The van der Waals surface area contributed by atoms with Crippen LogP contribution in [-0.4, -0.2) is 30.2 Å². The lowest BCUT2D eigenvalue weighted by atomic mass is 10.2. The van der Waals surface area contributed by atoms with Crippen LogP contribution in [0.25, 0.3) is 0 Å². The second kappa shape index (κ2) is 6.78. The SMILES string of the molecule is COCC(C)NCc1ccc(S(C)=O)cc1. The van der Waals surface area contributed by atoms with E-state index in [9.17, 15) is 4.21 Å². The quantitative estimate of drug-likeness (QED) is 0.821. The van der Waals surface area contributed by atoms with Crippen LogP contribution in [0.1, 0.15) is 12.5 Å². The first-order chi connectivity index (χ1) is 7.63. The molecule has 1 rings (SSSR count). The maximum Gasteiger partial charge on any atom is 0.0613 e. The van der Waals surface area contributed by atoms with Gasteiger partial charge in [0, 0.05) is 41.6 Å². The van der Waals surface area contributed by atoms with E-state index in [0.717, 1.165) is 11.4 Å². The Labute approximate surface area is 99.7 Å². The number of hydrogen-bond donors (Lipinski definition) is 1. The molecule has 0 aliphatic heterocycles. The molecule has 0 aromatic heterocycles. The van der Waals surface area contributed by atoms with E-state index in [2.05, 4.69) is 12.2 Å². The summed E-state index contributed by atoms with van der Waals surface area (Å²) in [5, 5.41) is 3.35. The summed E-state index contributed by atoms with van der Waals surface area (Å²) in [4.78, 5) is 0.869. The molecule has 0 saturated carbocycles. The molecule has 0 bridgehead atoms. The van der Waals surface area contributed by atoms with E-state index in [1.54, 1.807) is 13.4 Å². The minimum absolute atomic E-state index is 0.338. The third-order valence-corrected chi connectivity index (χ3v) is 3.26. The molecule has 0 heterocycles. The van der Waals surface area contributed by atoms with Crippen LogP contribution in [0.5, 0.6) is 0 Å². The molecule has 4 heteroatoms. The van der Waals surface area contributed by atoms with Gasteiger partial charge in [-0.05, 0) is 24.6 Å². The van der Waals surface area contributed by atoms with Crippen LogP contribution in [0.3, 0.4) is 0 Å². The Morgan fingerprint density at radius 3 is 2.50 bits per heavy atom. The van der Waals surface area contributed by atoms with Crippen molar-refractivity contribution in [3.63, 3.8) is 0 Å². The van der Waals surface area contributed by atoms with E-state index < -0.39 is 10.8 Å². The number of benzene rings is 1. The smallest absolute Gasteiger partial charge is 0.0613 e. The van der Waals surface area contributed by atoms with Gasteiger partial charge >= 0.3 is 0 Å². The summed E-state index contributed by atoms with van der Waals surface area (Å²) < 4.78 is 16.2. The molecule has 3 nitrogen and oxygen atoms in total. The Balaban J connectivity index is 2.46. The predicted octanol–water partition coefficient (Wildman–Crippen LogP) is 1.55. The van der Waals surface area contributed by atoms with Crippen LogP contribution in [0.4, 0.5) is 0 Å². The summed E-state index contributed by atoms with van der Waals surface area (Å²) in [6.07, 6.45) is 1.69. The molecular formula is C12H19NO2S. The van der Waals surface area contributed by atoms with E-state index in [4.69, 9.17) is 4.74 Å². The fraction of sp³-hybridized carbons (Fsp3) is 0.500. The van der Waals surface area contributed by atoms with Crippen molar-refractivity contribution in [1.82, 2.24) is 5.32 Å². The van der Waals surface area contributed by atoms with Crippen molar-refractivity contribution >= 4 is 10.8 Å². The minimum atomic E-state index is -0.893. The lowest BCUT2D eigenvalue weighted by Gasteiger charge is -2.12. The molecule has 0 amide bonds. The molecule has 0 aliphatic rings. The third-order valence-electron chi connectivity index (χ3n) is 2.33. The van der Waals surface area contributed by atoms with Crippen LogP contribution in [0.15, 0.2) is 29.2 Å². The van der Waals surface area contributed by atoms with Crippen LogP contribution < -0.4 is 5.32 Å². The molecule has 1 aromatic carbocycles. The van der Waals surface area contributed by atoms with Crippen LogP contribution in [0, 0.1) is 0 Å². The average Bonchev–Trinajstić information content (AvgIpc) is 2.27. The van der Waals surface area contributed by atoms with Gasteiger partial charge in [-0.3, -0.25) is 4.21 Å². The van der Waals surface area contributed by atoms with Gasteiger partial charge in [-0.1, -0.05) is 12.1 Å². The highest BCUT2D eigenvalue weighted by Gasteiger charge is 2.01. The monoisotopic (exact) mass is 241 g/mol. The number of rotatable bonds is 6. The summed E-state index contributed by atoms with van der Waals surface area (Å²) in [6.45, 7) is 3.59. The molecule has 16 heavy (non-hydrogen) atoms. The molecule has 90 valence electrons. The highest BCUT2D eigenvalue weighted by molar-refractivity contribution is 7.84. The number of nitrogens with one attached hydrogen (secondary N) is 1. The number of ether oxygens (including phenoxy) is 1. The molecule has 1 N–H and O–H groups in total. The second-order valence-electron chi connectivity index (χ2n) is 3.84. The zero-order chi connectivity index (χ0) is 12.0. The summed E-state index contributed by atoms with van der Waals surface area (Å²) in [5.74, 6) is 0. The zero-order valence-corrected chi connectivity index (χ0v) is 10.8. The summed E-state index contributed by atoms with van der Waals surface area (Å²) in [7, 11) is 0.805. The van der Waals surface area contributed by atoms with Crippen LogP contribution in [0.2, 0.25) is 0 Å². The van der Waals surface area contributed by atoms with E-state index >= 15 is 0 Å². The van der Waals surface area contributed by atoms with E-state index in [-0.39, 0.29) is 0 Å². The highest BCUT2D eigenvalue weighted by Crippen LogP contribution is 2.07. The third kappa shape index (κ3) is 4.43. The molecular weight excluding hydrogens is 222 g/mol. The molecule has 0 radical (unpaired) electrons. The van der Waals surface area contributed by atoms with Crippen LogP contribution in [-0.2, 0) is 22.1 Å². The zero-order valence-electron chi connectivity index (χ0n) is 10.0. The van der Waals surface area contributed by atoms with Gasteiger partial charge in [-0.2, -0.15) is 0 Å². The van der Waals surface area contributed by atoms with Gasteiger partial charge in [0.25, 0.3) is 0 Å². The van der Waals surface area contributed by atoms with E-state index in [0.29, 0.717) is 12.6 Å². The number of hydrogen-bond acceptors (Lipinski definition) is 3. The Bertz CT molecular complexity index is 337. The van der Waals surface area contributed by atoms with Gasteiger partial charge in [0.2, 0.25) is 0 Å². The Morgan fingerprint density at radius 1 is 1.38 bits per heavy atom. The van der Waals surface area contributed by atoms with Crippen molar-refractivity contribution < 1.29 is 8.95 Å². The minimum Gasteiger partial charge on any atom is -0.383 e.